The Morgan fingerprint density at radius 3 is 2.71 bits per heavy atom. The zero-order valence-corrected chi connectivity index (χ0v) is 12.8. The number of guanidine groups is 1. The third kappa shape index (κ3) is 4.05. The number of hydrogen-bond donors (Lipinski definition) is 2. The van der Waals surface area contributed by atoms with Crippen LogP contribution in [0.2, 0.25) is 0 Å². The van der Waals surface area contributed by atoms with Crippen LogP contribution in [0, 0.1) is 6.92 Å². The van der Waals surface area contributed by atoms with Gasteiger partial charge in [-0.25, -0.2) is 0 Å². The summed E-state index contributed by atoms with van der Waals surface area (Å²) in [6.07, 6.45) is 1.74. The predicted molar refractivity (Wildman–Crippen MR) is 83.9 cm³/mol. The fraction of sp³-hybridized carbons (Fsp3) is 0.400. The molecule has 0 radical (unpaired) electrons. The van der Waals surface area contributed by atoms with Gasteiger partial charge in [0.1, 0.15) is 6.33 Å². The lowest BCUT2D eigenvalue weighted by molar-refractivity contribution is 0.670. The van der Waals surface area contributed by atoms with Crippen LogP contribution in [0.4, 0.5) is 0 Å². The van der Waals surface area contributed by atoms with Crippen molar-refractivity contribution in [1.29, 1.82) is 0 Å². The highest BCUT2D eigenvalue weighted by Crippen LogP contribution is 2.05. The van der Waals surface area contributed by atoms with Crippen LogP contribution in [0.25, 0.3) is 0 Å². The van der Waals surface area contributed by atoms with Crippen molar-refractivity contribution in [3.63, 3.8) is 0 Å². The third-order valence-electron chi connectivity index (χ3n) is 3.38. The van der Waals surface area contributed by atoms with E-state index < -0.39 is 0 Å². The summed E-state index contributed by atoms with van der Waals surface area (Å²) in [5.41, 5.74) is 2.53. The molecule has 0 unspecified atom stereocenters. The quantitative estimate of drug-likeness (QED) is 0.645. The van der Waals surface area contributed by atoms with Crippen LogP contribution in [0.15, 0.2) is 35.6 Å². The van der Waals surface area contributed by atoms with Gasteiger partial charge in [-0.3, -0.25) is 4.99 Å². The van der Waals surface area contributed by atoms with Gasteiger partial charge in [-0.1, -0.05) is 24.3 Å². The molecule has 112 valence electrons. The number of aryl methyl sites for hydroxylation is 2. The number of aromatic nitrogens is 3. The number of aliphatic imine (C=N–C) groups is 1. The molecule has 0 fully saturated rings. The normalized spacial score (nSPS) is 11.5. The minimum atomic E-state index is 0.598. The highest BCUT2D eigenvalue weighted by Gasteiger charge is 2.04. The molecule has 0 atom stereocenters. The van der Waals surface area contributed by atoms with Crippen molar-refractivity contribution in [2.75, 3.05) is 7.05 Å². The van der Waals surface area contributed by atoms with Gasteiger partial charge in [-0.15, -0.1) is 10.2 Å². The maximum absolute atomic E-state index is 4.22. The Morgan fingerprint density at radius 1 is 1.24 bits per heavy atom. The zero-order valence-electron chi connectivity index (χ0n) is 12.8. The van der Waals surface area contributed by atoms with Crippen molar-refractivity contribution in [2.24, 2.45) is 4.99 Å². The Bertz CT molecular complexity index is 602. The van der Waals surface area contributed by atoms with E-state index in [2.05, 4.69) is 51.8 Å². The molecule has 1 heterocycles. The topological polar surface area (TPSA) is 67.1 Å². The summed E-state index contributed by atoms with van der Waals surface area (Å²) < 4.78 is 2.00. The number of rotatable bonds is 5. The average Bonchev–Trinajstić information content (AvgIpc) is 2.96. The molecule has 1 aromatic carbocycles. The lowest BCUT2D eigenvalue weighted by atomic mass is 10.1. The molecule has 0 saturated heterocycles. The standard InChI is InChI=1S/C15H22N6/c1-4-21-11-19-20-14(21)10-18-15(16-3)17-9-13-8-6-5-7-12(13)2/h5-8,11H,4,9-10H2,1-3H3,(H2,16,17,18). The molecule has 1 aromatic heterocycles. The first-order chi connectivity index (χ1) is 10.2. The molecule has 2 aromatic rings. The van der Waals surface area contributed by atoms with Gasteiger partial charge in [0.15, 0.2) is 11.8 Å². The molecule has 0 spiro atoms. The van der Waals surface area contributed by atoms with E-state index in [4.69, 9.17) is 0 Å². The smallest absolute Gasteiger partial charge is 0.191 e. The van der Waals surface area contributed by atoms with E-state index >= 15 is 0 Å². The van der Waals surface area contributed by atoms with Gasteiger partial charge in [0, 0.05) is 20.1 Å². The maximum atomic E-state index is 4.22. The van der Waals surface area contributed by atoms with Crippen molar-refractivity contribution in [3.8, 4) is 0 Å². The molecule has 0 aliphatic rings. The van der Waals surface area contributed by atoms with E-state index in [1.54, 1.807) is 13.4 Å². The second kappa shape index (κ2) is 7.42. The molecular formula is C15H22N6. The summed E-state index contributed by atoms with van der Waals surface area (Å²) in [4.78, 5) is 4.22. The van der Waals surface area contributed by atoms with Crippen LogP contribution >= 0.6 is 0 Å². The Labute approximate surface area is 125 Å². The summed E-state index contributed by atoms with van der Waals surface area (Å²) in [6, 6.07) is 8.31. The summed E-state index contributed by atoms with van der Waals surface area (Å²) in [5, 5.41) is 14.6. The molecule has 6 heteroatoms. The average molecular weight is 286 g/mol. The molecule has 0 aliphatic heterocycles. The molecule has 0 saturated carbocycles. The van der Waals surface area contributed by atoms with Gasteiger partial charge in [0.25, 0.3) is 0 Å². The fourth-order valence-corrected chi connectivity index (χ4v) is 2.05. The first-order valence-electron chi connectivity index (χ1n) is 7.10. The summed E-state index contributed by atoms with van der Waals surface area (Å²) in [6.45, 7) is 6.38. The molecular weight excluding hydrogens is 264 g/mol. The first-order valence-corrected chi connectivity index (χ1v) is 7.10. The van der Waals surface area contributed by atoms with E-state index in [9.17, 15) is 0 Å². The number of hydrogen-bond acceptors (Lipinski definition) is 3. The van der Waals surface area contributed by atoms with E-state index in [0.717, 1.165) is 24.9 Å². The van der Waals surface area contributed by atoms with Gasteiger partial charge >= 0.3 is 0 Å². The second-order valence-electron chi connectivity index (χ2n) is 4.74. The van der Waals surface area contributed by atoms with Crippen molar-refractivity contribution >= 4 is 5.96 Å². The van der Waals surface area contributed by atoms with Crippen molar-refractivity contribution < 1.29 is 0 Å². The van der Waals surface area contributed by atoms with Crippen molar-refractivity contribution in [2.45, 2.75) is 33.5 Å². The summed E-state index contributed by atoms with van der Waals surface area (Å²) in [7, 11) is 1.76. The van der Waals surface area contributed by atoms with E-state index in [1.165, 1.54) is 11.1 Å². The van der Waals surface area contributed by atoms with Crippen LogP contribution in [0.1, 0.15) is 23.9 Å². The molecule has 0 bridgehead atoms. The van der Waals surface area contributed by atoms with Crippen molar-refractivity contribution in [1.82, 2.24) is 25.4 Å². The summed E-state index contributed by atoms with van der Waals surface area (Å²) >= 11 is 0. The molecule has 2 rings (SSSR count). The monoisotopic (exact) mass is 286 g/mol. The van der Waals surface area contributed by atoms with Crippen LogP contribution in [-0.2, 0) is 19.6 Å². The van der Waals surface area contributed by atoms with Crippen LogP contribution in [0.3, 0.4) is 0 Å². The fourth-order valence-electron chi connectivity index (χ4n) is 2.05. The van der Waals surface area contributed by atoms with Gasteiger partial charge in [-0.2, -0.15) is 0 Å². The Balaban J connectivity index is 1.88. The maximum Gasteiger partial charge on any atom is 0.191 e. The van der Waals surface area contributed by atoms with E-state index in [1.807, 2.05) is 16.7 Å². The Morgan fingerprint density at radius 2 is 2.00 bits per heavy atom. The lowest BCUT2D eigenvalue weighted by Gasteiger charge is -2.13. The highest BCUT2D eigenvalue weighted by molar-refractivity contribution is 5.79. The third-order valence-corrected chi connectivity index (χ3v) is 3.38. The summed E-state index contributed by atoms with van der Waals surface area (Å²) in [5.74, 6) is 1.65. The molecule has 6 nitrogen and oxygen atoms in total. The molecule has 2 N–H and O–H groups in total. The second-order valence-corrected chi connectivity index (χ2v) is 4.74. The largest absolute Gasteiger partial charge is 0.352 e. The van der Waals surface area contributed by atoms with Crippen molar-refractivity contribution in [3.05, 3.63) is 47.5 Å². The Kier molecular flexibility index (Phi) is 5.31. The minimum absolute atomic E-state index is 0.598. The van der Waals surface area contributed by atoms with Gasteiger partial charge < -0.3 is 15.2 Å². The van der Waals surface area contributed by atoms with Crippen LogP contribution < -0.4 is 10.6 Å². The molecule has 0 amide bonds. The van der Waals surface area contributed by atoms with E-state index in [0.29, 0.717) is 6.54 Å². The molecule has 21 heavy (non-hydrogen) atoms. The van der Waals surface area contributed by atoms with Gasteiger partial charge in [0.2, 0.25) is 0 Å². The Hall–Kier alpha value is -2.37. The number of nitrogens with zero attached hydrogens (tertiary/aromatic N) is 4. The lowest BCUT2D eigenvalue weighted by Crippen LogP contribution is -2.37. The highest BCUT2D eigenvalue weighted by atomic mass is 15.3. The predicted octanol–water partition coefficient (Wildman–Crippen LogP) is 1.47. The number of benzene rings is 1. The van der Waals surface area contributed by atoms with Gasteiger partial charge in [-0.05, 0) is 25.0 Å². The van der Waals surface area contributed by atoms with Gasteiger partial charge in [0.05, 0.1) is 6.54 Å². The first kappa shape index (κ1) is 15.0. The molecule has 0 aliphatic carbocycles. The SMILES string of the molecule is CCn1cnnc1CNC(=NC)NCc1ccccc1C. The van der Waals surface area contributed by atoms with Crippen LogP contribution in [0.5, 0.6) is 0 Å². The minimum Gasteiger partial charge on any atom is -0.352 e. The zero-order chi connectivity index (χ0) is 15.1. The number of nitrogens with one attached hydrogen (secondary N) is 2. The van der Waals surface area contributed by atoms with Crippen LogP contribution in [-0.4, -0.2) is 27.8 Å². The van der Waals surface area contributed by atoms with E-state index in [-0.39, 0.29) is 0 Å².